The fraction of sp³-hybridized carbons (Fsp3) is 0.550. The van der Waals surface area contributed by atoms with Crippen molar-refractivity contribution < 1.29 is 24.2 Å². The first-order chi connectivity index (χ1) is 14.0. The van der Waals surface area contributed by atoms with Crippen LogP contribution in [0.25, 0.3) is 0 Å². The van der Waals surface area contributed by atoms with Crippen LogP contribution in [0.2, 0.25) is 0 Å². The van der Waals surface area contributed by atoms with Crippen molar-refractivity contribution in [2.24, 2.45) is 5.73 Å². The molecule has 29 heavy (non-hydrogen) atoms. The zero-order valence-corrected chi connectivity index (χ0v) is 16.4. The Kier molecular flexibility index (Phi) is 7.32. The maximum atomic E-state index is 13.1. The number of piperidine rings is 1. The maximum Gasteiger partial charge on any atom is 0.255 e. The molecular formula is C20H28N4O5. The van der Waals surface area contributed by atoms with E-state index in [4.69, 9.17) is 15.6 Å². The smallest absolute Gasteiger partial charge is 0.255 e. The molecule has 1 atom stereocenters. The van der Waals surface area contributed by atoms with Gasteiger partial charge in [0.05, 0.1) is 19.8 Å². The van der Waals surface area contributed by atoms with Gasteiger partial charge in [0.15, 0.2) is 0 Å². The summed E-state index contributed by atoms with van der Waals surface area (Å²) in [6.07, 6.45) is 0.586. The number of amides is 3. The number of nitrogens with two attached hydrogens (primary N) is 1. The Morgan fingerprint density at radius 1 is 1.24 bits per heavy atom. The Balaban J connectivity index is 1.73. The summed E-state index contributed by atoms with van der Waals surface area (Å²) in [6.45, 7) is 3.40. The number of imide groups is 1. The molecule has 0 aliphatic carbocycles. The minimum Gasteiger partial charge on any atom is -0.394 e. The summed E-state index contributed by atoms with van der Waals surface area (Å²) in [5.41, 5.74) is 8.14. The monoisotopic (exact) mass is 404 g/mol. The van der Waals surface area contributed by atoms with Crippen LogP contribution in [0.3, 0.4) is 0 Å². The van der Waals surface area contributed by atoms with E-state index in [9.17, 15) is 14.4 Å². The molecule has 2 heterocycles. The van der Waals surface area contributed by atoms with Gasteiger partial charge in [-0.05, 0) is 17.5 Å². The van der Waals surface area contributed by atoms with Gasteiger partial charge in [-0.1, -0.05) is 18.2 Å². The lowest BCUT2D eigenvalue weighted by atomic mass is 10.0. The van der Waals surface area contributed by atoms with Crippen LogP contribution < -0.4 is 11.1 Å². The number of carbonyl (C=O) groups excluding carboxylic acids is 3. The summed E-state index contributed by atoms with van der Waals surface area (Å²) in [6, 6.07) is 5.12. The van der Waals surface area contributed by atoms with E-state index in [1.165, 1.54) is 0 Å². The summed E-state index contributed by atoms with van der Waals surface area (Å²) >= 11 is 0. The second kappa shape index (κ2) is 9.93. The highest BCUT2D eigenvalue weighted by Crippen LogP contribution is 2.30. The van der Waals surface area contributed by atoms with Crippen LogP contribution >= 0.6 is 0 Å². The van der Waals surface area contributed by atoms with Crippen LogP contribution in [0.15, 0.2) is 18.2 Å². The summed E-state index contributed by atoms with van der Waals surface area (Å²) in [5.74, 6) is -0.874. The second-order valence-corrected chi connectivity index (χ2v) is 7.25. The van der Waals surface area contributed by atoms with Crippen molar-refractivity contribution in [3.8, 4) is 0 Å². The SMILES string of the molecule is NCCN(CCOCCO)Cc1cccc2c1C(=O)N(C1CCC(=O)NC1=O)C2. The molecule has 0 aromatic heterocycles. The zero-order valence-electron chi connectivity index (χ0n) is 16.4. The van der Waals surface area contributed by atoms with Crippen molar-refractivity contribution in [2.45, 2.75) is 32.0 Å². The third kappa shape index (κ3) is 4.99. The number of nitrogens with one attached hydrogen (secondary N) is 1. The molecule has 0 radical (unpaired) electrons. The lowest BCUT2D eigenvalue weighted by Crippen LogP contribution is -2.52. The van der Waals surface area contributed by atoms with Gasteiger partial charge in [0.1, 0.15) is 6.04 Å². The molecule has 1 aromatic rings. The lowest BCUT2D eigenvalue weighted by molar-refractivity contribution is -0.136. The number of benzene rings is 1. The Bertz CT molecular complexity index is 769. The van der Waals surface area contributed by atoms with Crippen LogP contribution in [0, 0.1) is 0 Å². The number of rotatable bonds is 10. The summed E-state index contributed by atoms with van der Waals surface area (Å²) in [7, 11) is 0. The van der Waals surface area contributed by atoms with Crippen molar-refractivity contribution in [1.82, 2.24) is 15.1 Å². The minimum atomic E-state index is -0.618. The third-order valence-corrected chi connectivity index (χ3v) is 5.27. The number of aliphatic hydroxyl groups excluding tert-OH is 1. The standard InChI is InChI=1S/C20H28N4O5/c21-6-7-23(8-10-29-11-9-25)12-14-2-1-3-15-13-24(20(28)18(14)15)16-4-5-17(26)22-19(16)27/h1-3,16,25H,4-13,21H2,(H,22,26,27). The Hall–Kier alpha value is -2.33. The fourth-order valence-corrected chi connectivity index (χ4v) is 3.88. The van der Waals surface area contributed by atoms with Crippen molar-refractivity contribution in [1.29, 1.82) is 0 Å². The first-order valence-corrected chi connectivity index (χ1v) is 9.91. The molecule has 1 aromatic carbocycles. The van der Waals surface area contributed by atoms with Crippen molar-refractivity contribution >= 4 is 17.7 Å². The van der Waals surface area contributed by atoms with E-state index >= 15 is 0 Å². The van der Waals surface area contributed by atoms with Gasteiger partial charge in [0, 0.05) is 44.7 Å². The topological polar surface area (TPSA) is 125 Å². The number of carbonyl (C=O) groups is 3. The number of nitrogens with zero attached hydrogens (tertiary/aromatic N) is 2. The number of aliphatic hydroxyl groups is 1. The van der Waals surface area contributed by atoms with E-state index in [0.29, 0.717) is 51.3 Å². The number of ether oxygens (including phenoxy) is 1. The molecule has 9 heteroatoms. The predicted octanol–water partition coefficient (Wildman–Crippen LogP) is -0.783. The van der Waals surface area contributed by atoms with Gasteiger partial charge in [0.25, 0.3) is 5.91 Å². The molecule has 0 spiro atoms. The summed E-state index contributed by atoms with van der Waals surface area (Å²) < 4.78 is 5.35. The minimum absolute atomic E-state index is 0.0201. The zero-order chi connectivity index (χ0) is 20.8. The molecule has 0 saturated carbocycles. The van der Waals surface area contributed by atoms with E-state index in [1.807, 2.05) is 18.2 Å². The first kappa shape index (κ1) is 21.4. The lowest BCUT2D eigenvalue weighted by Gasteiger charge is -2.29. The van der Waals surface area contributed by atoms with E-state index in [1.54, 1.807) is 4.90 Å². The molecule has 3 rings (SSSR count). The van der Waals surface area contributed by atoms with E-state index in [-0.39, 0.29) is 31.4 Å². The Morgan fingerprint density at radius 2 is 2.07 bits per heavy atom. The van der Waals surface area contributed by atoms with E-state index in [2.05, 4.69) is 10.2 Å². The molecule has 1 unspecified atom stereocenters. The highest BCUT2D eigenvalue weighted by molar-refractivity contribution is 6.05. The normalized spacial score (nSPS) is 19.1. The maximum absolute atomic E-state index is 13.1. The Labute approximate surface area is 169 Å². The largest absolute Gasteiger partial charge is 0.394 e. The second-order valence-electron chi connectivity index (χ2n) is 7.25. The van der Waals surface area contributed by atoms with E-state index < -0.39 is 11.9 Å². The fourth-order valence-electron chi connectivity index (χ4n) is 3.88. The van der Waals surface area contributed by atoms with Crippen molar-refractivity contribution in [3.63, 3.8) is 0 Å². The number of fused-ring (bicyclic) bond motifs is 1. The molecule has 9 nitrogen and oxygen atoms in total. The number of hydrogen-bond acceptors (Lipinski definition) is 7. The van der Waals surface area contributed by atoms with Gasteiger partial charge < -0.3 is 20.5 Å². The molecule has 0 bridgehead atoms. The van der Waals surface area contributed by atoms with Gasteiger partial charge in [0.2, 0.25) is 11.8 Å². The van der Waals surface area contributed by atoms with Gasteiger partial charge >= 0.3 is 0 Å². The van der Waals surface area contributed by atoms with Crippen LogP contribution in [-0.4, -0.2) is 78.1 Å². The van der Waals surface area contributed by atoms with Gasteiger partial charge in [-0.2, -0.15) is 0 Å². The predicted molar refractivity (Wildman–Crippen MR) is 105 cm³/mol. The average Bonchev–Trinajstić information content (AvgIpc) is 3.03. The molecule has 158 valence electrons. The molecule has 3 amide bonds. The molecular weight excluding hydrogens is 376 g/mol. The van der Waals surface area contributed by atoms with Crippen molar-refractivity contribution in [3.05, 3.63) is 34.9 Å². The first-order valence-electron chi connectivity index (χ1n) is 9.91. The van der Waals surface area contributed by atoms with Gasteiger partial charge in [-0.3, -0.25) is 24.6 Å². The number of hydrogen-bond donors (Lipinski definition) is 3. The summed E-state index contributed by atoms with van der Waals surface area (Å²) in [5, 5.41) is 11.1. The third-order valence-electron chi connectivity index (χ3n) is 5.27. The van der Waals surface area contributed by atoms with Crippen LogP contribution in [0.1, 0.15) is 34.3 Å². The quantitative estimate of drug-likeness (QED) is 0.345. The molecule has 2 aliphatic heterocycles. The van der Waals surface area contributed by atoms with E-state index in [0.717, 1.165) is 11.1 Å². The molecule has 4 N–H and O–H groups in total. The summed E-state index contributed by atoms with van der Waals surface area (Å²) in [4.78, 5) is 40.5. The molecule has 2 aliphatic rings. The highest BCUT2D eigenvalue weighted by Gasteiger charge is 2.40. The van der Waals surface area contributed by atoms with Gasteiger partial charge in [-0.15, -0.1) is 0 Å². The molecule has 1 fully saturated rings. The molecule has 1 saturated heterocycles. The Morgan fingerprint density at radius 3 is 2.79 bits per heavy atom. The van der Waals surface area contributed by atoms with Crippen LogP contribution in [0.4, 0.5) is 0 Å². The van der Waals surface area contributed by atoms with Crippen LogP contribution in [0.5, 0.6) is 0 Å². The van der Waals surface area contributed by atoms with Crippen LogP contribution in [-0.2, 0) is 27.4 Å². The van der Waals surface area contributed by atoms with Gasteiger partial charge in [-0.25, -0.2) is 0 Å². The van der Waals surface area contributed by atoms with Crippen molar-refractivity contribution in [2.75, 3.05) is 39.5 Å². The average molecular weight is 404 g/mol. The highest BCUT2D eigenvalue weighted by atomic mass is 16.5.